The Labute approximate surface area is 181 Å². The Morgan fingerprint density at radius 2 is 2.23 bits per heavy atom. The van der Waals surface area contributed by atoms with Crippen LogP contribution in [0.1, 0.15) is 45.7 Å². The van der Waals surface area contributed by atoms with Crippen LogP contribution in [-0.2, 0) is 20.7 Å². The van der Waals surface area contributed by atoms with Gasteiger partial charge >= 0.3 is 12.0 Å². The number of carbonyl (C=O) groups excluding carboxylic acids is 1. The van der Waals surface area contributed by atoms with Crippen molar-refractivity contribution in [3.05, 3.63) is 11.8 Å². The van der Waals surface area contributed by atoms with E-state index in [1.165, 1.54) is 0 Å². The van der Waals surface area contributed by atoms with Gasteiger partial charge in [0.2, 0.25) is 0 Å². The number of esters is 1. The molecular formula is C22H29FN4O4. The van der Waals surface area contributed by atoms with Crippen molar-refractivity contribution in [3.63, 3.8) is 0 Å². The van der Waals surface area contributed by atoms with Crippen LogP contribution < -0.4 is 5.73 Å². The van der Waals surface area contributed by atoms with Gasteiger partial charge in [-0.2, -0.15) is 9.37 Å². The minimum Gasteiger partial charge on any atom is -0.465 e. The maximum atomic E-state index is 13.5. The molecule has 8 nitrogen and oxygen atoms in total. The second-order valence-corrected chi connectivity index (χ2v) is 9.20. The Morgan fingerprint density at radius 3 is 2.87 bits per heavy atom. The number of nitrogens with two attached hydrogens (primary N) is 1. The zero-order valence-electron chi connectivity index (χ0n) is 18.1. The lowest BCUT2D eigenvalue weighted by atomic mass is 9.86. The highest BCUT2D eigenvalue weighted by Gasteiger charge is 2.48. The molecule has 3 rings (SSSR count). The highest BCUT2D eigenvalue weighted by atomic mass is 19.1. The van der Waals surface area contributed by atoms with Gasteiger partial charge in [-0.1, -0.05) is 5.92 Å². The number of rotatable bonds is 5. The summed E-state index contributed by atoms with van der Waals surface area (Å²) in [5.41, 5.74) is 4.83. The number of aliphatic hydroxyl groups is 1. The molecule has 0 radical (unpaired) electrons. The molecule has 3 N–H and O–H groups in total. The average Bonchev–Trinajstić information content (AvgIpc) is 2.92. The minimum atomic E-state index is -1.20. The average molecular weight is 432 g/mol. The van der Waals surface area contributed by atoms with E-state index in [1.807, 2.05) is 0 Å². The lowest BCUT2D eigenvalue weighted by Crippen LogP contribution is -2.41. The molecule has 1 aromatic rings. The predicted octanol–water partition coefficient (Wildman–Crippen LogP) is 2.21. The van der Waals surface area contributed by atoms with Gasteiger partial charge < -0.3 is 20.3 Å². The summed E-state index contributed by atoms with van der Waals surface area (Å²) in [6, 6.07) is 0. The number of aryl methyl sites for hydroxylation is 1. The molecule has 2 aliphatic heterocycles. The van der Waals surface area contributed by atoms with Gasteiger partial charge in [0.25, 0.3) is 0 Å². The first-order valence-corrected chi connectivity index (χ1v) is 10.4. The minimum absolute atomic E-state index is 0.0175. The second-order valence-electron chi connectivity index (χ2n) is 9.20. The van der Waals surface area contributed by atoms with Crippen molar-refractivity contribution in [2.45, 2.75) is 58.2 Å². The van der Waals surface area contributed by atoms with E-state index in [2.05, 4.69) is 20.9 Å². The molecule has 0 bridgehead atoms. The molecule has 1 fully saturated rings. The topological polar surface area (TPSA) is 120 Å². The van der Waals surface area contributed by atoms with Crippen molar-refractivity contribution in [1.82, 2.24) is 9.97 Å². The molecule has 1 saturated heterocycles. The van der Waals surface area contributed by atoms with Gasteiger partial charge in [0.1, 0.15) is 5.69 Å². The second kappa shape index (κ2) is 8.89. The summed E-state index contributed by atoms with van der Waals surface area (Å²) in [6.07, 6.45) is 8.67. The van der Waals surface area contributed by atoms with Gasteiger partial charge in [-0.15, -0.1) is 6.42 Å². The normalized spacial score (nSPS) is 27.9. The van der Waals surface area contributed by atoms with E-state index in [4.69, 9.17) is 21.6 Å². The number of ether oxygens (including phenoxy) is 2. The molecule has 9 heteroatoms. The molecule has 0 aliphatic carbocycles. The number of carbonyl (C=O) groups is 1. The van der Waals surface area contributed by atoms with Crippen LogP contribution >= 0.6 is 0 Å². The highest BCUT2D eigenvalue weighted by Crippen LogP contribution is 2.40. The Morgan fingerprint density at radius 1 is 1.48 bits per heavy atom. The van der Waals surface area contributed by atoms with Crippen molar-refractivity contribution < 1.29 is 23.8 Å². The maximum absolute atomic E-state index is 13.5. The molecule has 3 heterocycles. The first kappa shape index (κ1) is 23.1. The van der Waals surface area contributed by atoms with Crippen LogP contribution in [0, 0.1) is 35.7 Å². The fraction of sp³-hybridized carbons (Fsp3) is 0.636. The Kier molecular flexibility index (Phi) is 6.62. The number of aliphatic imine (C=N–C) groups is 1. The highest BCUT2D eigenvalue weighted by molar-refractivity contribution is 5.75. The summed E-state index contributed by atoms with van der Waals surface area (Å²) in [5.74, 6) is 1.95. The number of fused-ring (bicyclic) bond motifs is 1. The lowest BCUT2D eigenvalue weighted by Gasteiger charge is -2.28. The Balaban J connectivity index is 1.67. The van der Waals surface area contributed by atoms with Gasteiger partial charge in [-0.05, 0) is 52.4 Å². The van der Waals surface area contributed by atoms with E-state index in [0.29, 0.717) is 37.1 Å². The van der Waals surface area contributed by atoms with Gasteiger partial charge in [0.05, 0.1) is 30.4 Å². The number of nitrogens with zero attached hydrogens (tertiary/aromatic N) is 3. The van der Waals surface area contributed by atoms with Crippen LogP contribution in [0.25, 0.3) is 0 Å². The standard InChI is InChI=1S/C22H29FN4O4/c1-5-22(12-28)14(11-30-19(29)21(2,3)4)9-15(31-22)8-13-6-7-16-17(25-10-13)18(24)27-20(23)26-16/h1,10,13-15,28H,6-9,11-12H2,2-4H3,(H2,24,26,27)/t13?,14-,15+,22-/m1/s1. The SMILES string of the molecule is C#C[C@]1(CO)O[C@@H](CC2C=Nc3c(N)nc(F)nc3CC2)C[C@@H]1COC(=O)C(C)(C)C. The molecule has 0 saturated carbocycles. The van der Waals surface area contributed by atoms with Crippen LogP contribution in [0.15, 0.2) is 4.99 Å². The number of halogens is 1. The summed E-state index contributed by atoms with van der Waals surface area (Å²) < 4.78 is 25.0. The number of terminal acetylenes is 1. The molecule has 4 atom stereocenters. The Hall–Kier alpha value is -2.57. The number of aromatic nitrogens is 2. The van der Waals surface area contributed by atoms with Crippen molar-refractivity contribution in [2.24, 2.45) is 22.2 Å². The number of anilines is 1. The van der Waals surface area contributed by atoms with Gasteiger partial charge in [0, 0.05) is 12.1 Å². The summed E-state index contributed by atoms with van der Waals surface area (Å²) in [4.78, 5) is 23.9. The molecule has 1 aromatic heterocycles. The summed E-state index contributed by atoms with van der Waals surface area (Å²) in [7, 11) is 0. The maximum Gasteiger partial charge on any atom is 0.311 e. The first-order valence-electron chi connectivity index (χ1n) is 10.4. The number of hydrogen-bond donors (Lipinski definition) is 2. The predicted molar refractivity (Wildman–Crippen MR) is 113 cm³/mol. The quantitative estimate of drug-likeness (QED) is 0.416. The number of nitrogen functional groups attached to an aromatic ring is 1. The Bertz CT molecular complexity index is 908. The third kappa shape index (κ3) is 5.02. The van der Waals surface area contributed by atoms with Crippen molar-refractivity contribution in [1.29, 1.82) is 0 Å². The molecule has 168 valence electrons. The summed E-state index contributed by atoms with van der Waals surface area (Å²) >= 11 is 0. The zero-order valence-corrected chi connectivity index (χ0v) is 18.1. The van der Waals surface area contributed by atoms with E-state index in [-0.39, 0.29) is 42.9 Å². The third-order valence-corrected chi connectivity index (χ3v) is 5.78. The first-order chi connectivity index (χ1) is 14.6. The van der Waals surface area contributed by atoms with E-state index in [0.717, 1.165) is 0 Å². The monoisotopic (exact) mass is 432 g/mol. The zero-order chi connectivity index (χ0) is 22.8. The molecule has 31 heavy (non-hydrogen) atoms. The van der Waals surface area contributed by atoms with Crippen LogP contribution in [0.2, 0.25) is 0 Å². The largest absolute Gasteiger partial charge is 0.465 e. The number of aliphatic hydroxyl groups excluding tert-OH is 1. The molecular weight excluding hydrogens is 403 g/mol. The van der Waals surface area contributed by atoms with Gasteiger partial charge in [-0.25, -0.2) is 4.98 Å². The van der Waals surface area contributed by atoms with E-state index in [1.54, 1.807) is 27.0 Å². The summed E-state index contributed by atoms with van der Waals surface area (Å²) in [5, 5.41) is 9.96. The van der Waals surface area contributed by atoms with Crippen molar-refractivity contribution >= 4 is 23.7 Å². The van der Waals surface area contributed by atoms with Gasteiger partial charge in [0.15, 0.2) is 11.4 Å². The third-order valence-electron chi connectivity index (χ3n) is 5.78. The smallest absolute Gasteiger partial charge is 0.311 e. The fourth-order valence-corrected chi connectivity index (χ4v) is 3.95. The fourth-order valence-electron chi connectivity index (χ4n) is 3.95. The van der Waals surface area contributed by atoms with Crippen LogP contribution in [0.3, 0.4) is 0 Å². The summed E-state index contributed by atoms with van der Waals surface area (Å²) in [6.45, 7) is 5.03. The molecule has 0 amide bonds. The number of hydrogen-bond acceptors (Lipinski definition) is 8. The van der Waals surface area contributed by atoms with Crippen LogP contribution in [0.4, 0.5) is 15.9 Å². The van der Waals surface area contributed by atoms with Crippen molar-refractivity contribution in [3.8, 4) is 12.3 Å². The van der Waals surface area contributed by atoms with Crippen molar-refractivity contribution in [2.75, 3.05) is 18.9 Å². The van der Waals surface area contributed by atoms with Crippen LogP contribution in [-0.4, -0.2) is 52.2 Å². The molecule has 0 aromatic carbocycles. The van der Waals surface area contributed by atoms with E-state index < -0.39 is 17.1 Å². The molecule has 0 spiro atoms. The van der Waals surface area contributed by atoms with E-state index in [9.17, 15) is 14.3 Å². The molecule has 1 unspecified atom stereocenters. The van der Waals surface area contributed by atoms with Gasteiger partial charge in [-0.3, -0.25) is 9.79 Å². The van der Waals surface area contributed by atoms with Crippen LogP contribution in [0.5, 0.6) is 0 Å². The molecule has 2 aliphatic rings. The lowest BCUT2D eigenvalue weighted by molar-refractivity contribution is -0.156. The van der Waals surface area contributed by atoms with E-state index >= 15 is 0 Å².